The number of halogens is 1. The van der Waals surface area contributed by atoms with Crippen LogP contribution in [0.25, 0.3) is 0 Å². The summed E-state index contributed by atoms with van der Waals surface area (Å²) in [5.74, 6) is -0.179. The van der Waals surface area contributed by atoms with Crippen LogP contribution in [0.3, 0.4) is 0 Å². The van der Waals surface area contributed by atoms with Crippen LogP contribution in [0.2, 0.25) is 0 Å². The molecular formula is C15H18FNO2. The fourth-order valence-electron chi connectivity index (χ4n) is 3.67. The summed E-state index contributed by atoms with van der Waals surface area (Å²) in [7, 11) is 0. The Kier molecular flexibility index (Phi) is 3.17. The van der Waals surface area contributed by atoms with Gasteiger partial charge in [-0.25, -0.2) is 4.39 Å². The van der Waals surface area contributed by atoms with Crippen LogP contribution < -0.4 is 4.90 Å². The summed E-state index contributed by atoms with van der Waals surface area (Å²) in [6.07, 6.45) is 3.40. The predicted molar refractivity (Wildman–Crippen MR) is 70.6 cm³/mol. The summed E-state index contributed by atoms with van der Waals surface area (Å²) in [5.41, 5.74) is 0.934. The van der Waals surface area contributed by atoms with Gasteiger partial charge in [0, 0.05) is 24.7 Å². The van der Waals surface area contributed by atoms with E-state index in [0.717, 1.165) is 31.5 Å². The number of fused-ring (bicyclic) bond motifs is 3. The summed E-state index contributed by atoms with van der Waals surface area (Å²) >= 11 is 0. The maximum atomic E-state index is 13.3. The highest BCUT2D eigenvalue weighted by molar-refractivity contribution is 5.67. The average Bonchev–Trinajstić information content (AvgIpc) is 2.38. The number of carboxylic acids is 1. The van der Waals surface area contributed by atoms with Crippen molar-refractivity contribution in [1.82, 2.24) is 0 Å². The van der Waals surface area contributed by atoms with E-state index >= 15 is 0 Å². The van der Waals surface area contributed by atoms with Gasteiger partial charge in [-0.15, -0.1) is 0 Å². The lowest BCUT2D eigenvalue weighted by Crippen LogP contribution is -2.52. The maximum Gasteiger partial charge on any atom is 0.303 e. The van der Waals surface area contributed by atoms with Crippen molar-refractivity contribution in [3.8, 4) is 0 Å². The second kappa shape index (κ2) is 4.83. The second-order valence-corrected chi connectivity index (χ2v) is 5.72. The van der Waals surface area contributed by atoms with Crippen molar-refractivity contribution in [2.24, 2.45) is 11.8 Å². The third-order valence-corrected chi connectivity index (χ3v) is 4.56. The van der Waals surface area contributed by atoms with Gasteiger partial charge in [-0.3, -0.25) is 4.79 Å². The molecule has 3 unspecified atom stereocenters. The van der Waals surface area contributed by atoms with E-state index in [1.807, 2.05) is 6.07 Å². The number of hydrogen-bond acceptors (Lipinski definition) is 2. The molecule has 2 bridgehead atoms. The minimum atomic E-state index is -0.699. The number of rotatable bonds is 3. The normalized spacial score (nSPS) is 29.5. The molecule has 0 amide bonds. The molecule has 2 aliphatic heterocycles. The largest absolute Gasteiger partial charge is 0.481 e. The molecule has 2 heterocycles. The van der Waals surface area contributed by atoms with Gasteiger partial charge in [-0.2, -0.15) is 0 Å². The first kappa shape index (κ1) is 12.5. The lowest BCUT2D eigenvalue weighted by Gasteiger charge is -2.50. The molecule has 1 aromatic carbocycles. The van der Waals surface area contributed by atoms with Gasteiger partial charge in [-0.1, -0.05) is 6.07 Å². The first-order valence-corrected chi connectivity index (χ1v) is 6.87. The summed E-state index contributed by atoms with van der Waals surface area (Å²) in [6.45, 7) is 0.867. The molecule has 1 N–H and O–H groups in total. The Morgan fingerprint density at radius 3 is 2.89 bits per heavy atom. The zero-order chi connectivity index (χ0) is 13.4. The van der Waals surface area contributed by atoms with Crippen LogP contribution in [-0.4, -0.2) is 23.7 Å². The minimum absolute atomic E-state index is 0.207. The molecule has 0 aromatic heterocycles. The van der Waals surface area contributed by atoms with Gasteiger partial charge < -0.3 is 10.0 Å². The zero-order valence-electron chi connectivity index (χ0n) is 10.8. The fourth-order valence-corrected chi connectivity index (χ4v) is 3.67. The molecule has 3 aliphatic rings. The molecule has 102 valence electrons. The number of carbonyl (C=O) groups is 1. The highest BCUT2D eigenvalue weighted by Gasteiger charge is 2.41. The lowest BCUT2D eigenvalue weighted by atomic mass is 9.70. The number of carboxylic acid groups (broad SMARTS) is 1. The van der Waals surface area contributed by atoms with Gasteiger partial charge in [0.05, 0.1) is 0 Å². The van der Waals surface area contributed by atoms with E-state index in [0.29, 0.717) is 17.9 Å². The number of benzene rings is 1. The van der Waals surface area contributed by atoms with Crippen molar-refractivity contribution in [2.75, 3.05) is 11.4 Å². The molecule has 19 heavy (non-hydrogen) atoms. The van der Waals surface area contributed by atoms with E-state index in [9.17, 15) is 9.18 Å². The SMILES string of the molecule is O=C(O)CC1CC2CCC1CN2c1cccc(F)c1. The molecule has 2 saturated heterocycles. The Bertz CT molecular complexity index is 491. The van der Waals surface area contributed by atoms with Crippen molar-refractivity contribution >= 4 is 11.7 Å². The molecular weight excluding hydrogens is 245 g/mol. The molecule has 3 nitrogen and oxygen atoms in total. The number of anilines is 1. The third-order valence-electron chi connectivity index (χ3n) is 4.56. The van der Waals surface area contributed by atoms with Crippen molar-refractivity contribution < 1.29 is 14.3 Å². The first-order chi connectivity index (χ1) is 9.13. The molecule has 3 fully saturated rings. The monoisotopic (exact) mass is 263 g/mol. The Morgan fingerprint density at radius 1 is 1.42 bits per heavy atom. The third kappa shape index (κ3) is 2.44. The summed E-state index contributed by atoms with van der Waals surface area (Å²) < 4.78 is 13.3. The molecule has 0 spiro atoms. The topological polar surface area (TPSA) is 40.5 Å². The predicted octanol–water partition coefficient (Wildman–Crippen LogP) is 2.91. The van der Waals surface area contributed by atoms with Crippen LogP contribution in [0.4, 0.5) is 10.1 Å². The van der Waals surface area contributed by atoms with Crippen molar-refractivity contribution in [3.05, 3.63) is 30.1 Å². The average molecular weight is 263 g/mol. The van der Waals surface area contributed by atoms with Gasteiger partial charge in [-0.05, 0) is 49.3 Å². The van der Waals surface area contributed by atoms with Gasteiger partial charge in [0.25, 0.3) is 0 Å². The maximum absolute atomic E-state index is 13.3. The molecule has 1 aromatic rings. The Labute approximate surface area is 112 Å². The zero-order valence-corrected chi connectivity index (χ0v) is 10.8. The van der Waals surface area contributed by atoms with E-state index in [1.165, 1.54) is 6.07 Å². The molecule has 4 heteroatoms. The van der Waals surface area contributed by atoms with Crippen molar-refractivity contribution in [1.29, 1.82) is 0 Å². The highest BCUT2D eigenvalue weighted by atomic mass is 19.1. The molecule has 0 radical (unpaired) electrons. The Hall–Kier alpha value is -1.58. The van der Waals surface area contributed by atoms with Gasteiger partial charge in [0.2, 0.25) is 0 Å². The summed E-state index contributed by atoms with van der Waals surface area (Å²) in [5, 5.41) is 8.95. The highest BCUT2D eigenvalue weighted by Crippen LogP contribution is 2.42. The van der Waals surface area contributed by atoms with Gasteiger partial charge >= 0.3 is 5.97 Å². The van der Waals surface area contributed by atoms with Crippen LogP contribution in [0, 0.1) is 17.7 Å². The minimum Gasteiger partial charge on any atom is -0.481 e. The van der Waals surface area contributed by atoms with E-state index < -0.39 is 5.97 Å². The van der Waals surface area contributed by atoms with Gasteiger partial charge in [0.15, 0.2) is 0 Å². The molecule has 1 saturated carbocycles. The number of piperidine rings is 2. The Balaban J connectivity index is 1.76. The summed E-state index contributed by atoms with van der Waals surface area (Å²) in [6, 6.07) is 7.08. The summed E-state index contributed by atoms with van der Waals surface area (Å²) in [4.78, 5) is 13.1. The van der Waals surface area contributed by atoms with Crippen LogP contribution in [0.1, 0.15) is 25.7 Å². The molecule has 4 rings (SSSR count). The standard InChI is InChI=1S/C15H18FNO2/c16-12-2-1-3-13(8-12)17-9-10-4-5-14(17)6-11(10)7-15(18)19/h1-3,8,10-11,14H,4-7,9H2,(H,18,19). The van der Waals surface area contributed by atoms with E-state index in [1.54, 1.807) is 12.1 Å². The van der Waals surface area contributed by atoms with E-state index in [2.05, 4.69) is 4.90 Å². The van der Waals surface area contributed by atoms with E-state index in [-0.39, 0.29) is 12.2 Å². The smallest absolute Gasteiger partial charge is 0.303 e. The second-order valence-electron chi connectivity index (χ2n) is 5.72. The van der Waals surface area contributed by atoms with Crippen LogP contribution in [0.15, 0.2) is 24.3 Å². The van der Waals surface area contributed by atoms with Crippen LogP contribution in [-0.2, 0) is 4.79 Å². The molecule has 3 atom stereocenters. The van der Waals surface area contributed by atoms with Crippen molar-refractivity contribution in [2.45, 2.75) is 31.7 Å². The van der Waals surface area contributed by atoms with E-state index in [4.69, 9.17) is 5.11 Å². The molecule has 1 aliphatic carbocycles. The Morgan fingerprint density at radius 2 is 2.26 bits per heavy atom. The first-order valence-electron chi connectivity index (χ1n) is 6.87. The van der Waals surface area contributed by atoms with Crippen molar-refractivity contribution in [3.63, 3.8) is 0 Å². The quantitative estimate of drug-likeness (QED) is 0.911. The van der Waals surface area contributed by atoms with Crippen LogP contribution in [0.5, 0.6) is 0 Å². The fraction of sp³-hybridized carbons (Fsp3) is 0.533. The van der Waals surface area contributed by atoms with Crippen LogP contribution >= 0.6 is 0 Å². The number of aliphatic carboxylic acids is 1. The lowest BCUT2D eigenvalue weighted by molar-refractivity contribution is -0.139. The number of nitrogens with zero attached hydrogens (tertiary/aromatic N) is 1. The van der Waals surface area contributed by atoms with Gasteiger partial charge in [0.1, 0.15) is 5.82 Å². The number of hydrogen-bond donors (Lipinski definition) is 1.